The Bertz CT molecular complexity index is 431. The molecule has 16 heavy (non-hydrogen) atoms. The van der Waals surface area contributed by atoms with Crippen molar-refractivity contribution in [2.24, 2.45) is 11.1 Å². The summed E-state index contributed by atoms with van der Waals surface area (Å²) in [7, 11) is 0. The van der Waals surface area contributed by atoms with Gasteiger partial charge in [0.15, 0.2) is 0 Å². The second-order valence-electron chi connectivity index (χ2n) is 6.12. The maximum absolute atomic E-state index is 6.62. The highest BCUT2D eigenvalue weighted by atomic mass is 79.9. The monoisotopic (exact) mass is 279 g/mol. The zero-order valence-electron chi connectivity index (χ0n) is 9.89. The zero-order valence-corrected chi connectivity index (χ0v) is 11.5. The molecule has 1 unspecified atom stereocenters. The Morgan fingerprint density at radius 2 is 1.62 bits per heavy atom. The number of hydrogen-bond acceptors (Lipinski definition) is 1. The lowest BCUT2D eigenvalue weighted by atomic mass is 9.82. The molecule has 1 aromatic carbocycles. The molecule has 1 aromatic rings. The van der Waals surface area contributed by atoms with Crippen LogP contribution >= 0.6 is 15.9 Å². The van der Waals surface area contributed by atoms with Crippen LogP contribution in [-0.4, -0.2) is 5.54 Å². The first kappa shape index (κ1) is 10.8. The van der Waals surface area contributed by atoms with E-state index in [4.69, 9.17) is 5.73 Å². The van der Waals surface area contributed by atoms with E-state index in [0.29, 0.717) is 5.41 Å². The Kier molecular flexibility index (Phi) is 1.96. The fourth-order valence-electron chi connectivity index (χ4n) is 3.36. The third kappa shape index (κ3) is 1.20. The summed E-state index contributed by atoms with van der Waals surface area (Å²) in [4.78, 5) is 0. The van der Waals surface area contributed by atoms with E-state index in [1.165, 1.54) is 18.4 Å². The molecule has 2 heteroatoms. The molecule has 2 N–H and O–H groups in total. The highest BCUT2D eigenvalue weighted by molar-refractivity contribution is 9.10. The molecule has 0 bridgehead atoms. The van der Waals surface area contributed by atoms with Crippen LogP contribution in [0.1, 0.15) is 38.7 Å². The minimum atomic E-state index is 0.0355. The lowest BCUT2D eigenvalue weighted by Gasteiger charge is -2.27. The summed E-state index contributed by atoms with van der Waals surface area (Å²) in [5, 5.41) is 0. The van der Waals surface area contributed by atoms with E-state index in [9.17, 15) is 0 Å². The highest BCUT2D eigenvalue weighted by Crippen LogP contribution is 2.71. The summed E-state index contributed by atoms with van der Waals surface area (Å²) < 4.78 is 1.15. The summed E-state index contributed by atoms with van der Waals surface area (Å²) in [5.74, 6) is 0. The number of rotatable bonds is 2. The van der Waals surface area contributed by atoms with Crippen LogP contribution in [-0.2, 0) is 5.41 Å². The normalized spacial score (nSPS) is 33.5. The molecule has 2 saturated carbocycles. The average Bonchev–Trinajstić information content (AvgIpc) is 3.07. The molecular formula is C14H18BrN. The van der Waals surface area contributed by atoms with Gasteiger partial charge < -0.3 is 5.73 Å². The van der Waals surface area contributed by atoms with E-state index >= 15 is 0 Å². The molecule has 2 fully saturated rings. The van der Waals surface area contributed by atoms with E-state index in [1.54, 1.807) is 0 Å². The van der Waals surface area contributed by atoms with Gasteiger partial charge in [-0.05, 0) is 42.4 Å². The molecule has 0 saturated heterocycles. The Balaban J connectivity index is 1.99. The van der Waals surface area contributed by atoms with Crippen molar-refractivity contribution in [3.8, 4) is 0 Å². The van der Waals surface area contributed by atoms with Crippen molar-refractivity contribution in [1.82, 2.24) is 0 Å². The first-order valence-electron chi connectivity index (χ1n) is 5.96. The third-order valence-electron chi connectivity index (χ3n) is 4.80. The van der Waals surface area contributed by atoms with Gasteiger partial charge in [-0.3, -0.25) is 0 Å². The first-order valence-corrected chi connectivity index (χ1v) is 6.76. The molecule has 0 radical (unpaired) electrons. The predicted molar refractivity (Wildman–Crippen MR) is 70.4 cm³/mol. The molecule has 2 aliphatic rings. The topological polar surface area (TPSA) is 26.0 Å². The predicted octanol–water partition coefficient (Wildman–Crippen LogP) is 3.61. The van der Waals surface area contributed by atoms with E-state index < -0.39 is 0 Å². The van der Waals surface area contributed by atoms with Crippen LogP contribution in [0.2, 0.25) is 0 Å². The molecule has 0 aromatic heterocycles. The molecule has 0 spiro atoms. The minimum absolute atomic E-state index is 0.0355. The van der Waals surface area contributed by atoms with Gasteiger partial charge in [-0.25, -0.2) is 0 Å². The van der Waals surface area contributed by atoms with Gasteiger partial charge in [0.1, 0.15) is 0 Å². The van der Waals surface area contributed by atoms with E-state index in [2.05, 4.69) is 54.0 Å². The van der Waals surface area contributed by atoms with Crippen LogP contribution in [0.5, 0.6) is 0 Å². The summed E-state index contributed by atoms with van der Waals surface area (Å²) in [6.45, 7) is 4.60. The fourth-order valence-corrected chi connectivity index (χ4v) is 3.62. The molecular weight excluding hydrogens is 262 g/mol. The SMILES string of the molecule is CC1(C)CC1(N)C1(c2ccc(Br)cc2)CC1. The molecule has 86 valence electrons. The highest BCUT2D eigenvalue weighted by Gasteiger charge is 2.73. The van der Waals surface area contributed by atoms with Crippen molar-refractivity contribution in [1.29, 1.82) is 0 Å². The Morgan fingerprint density at radius 1 is 1.12 bits per heavy atom. The third-order valence-corrected chi connectivity index (χ3v) is 5.33. The van der Waals surface area contributed by atoms with E-state index in [1.807, 2.05) is 0 Å². The second-order valence-corrected chi connectivity index (χ2v) is 7.04. The van der Waals surface area contributed by atoms with Crippen LogP contribution in [0.4, 0.5) is 0 Å². The first-order chi connectivity index (χ1) is 7.41. The van der Waals surface area contributed by atoms with Gasteiger partial charge in [-0.15, -0.1) is 0 Å². The molecule has 2 aliphatic carbocycles. The number of benzene rings is 1. The largest absolute Gasteiger partial charge is 0.324 e. The smallest absolute Gasteiger partial charge is 0.0310 e. The molecule has 0 amide bonds. The lowest BCUT2D eigenvalue weighted by Crippen LogP contribution is -2.41. The Hall–Kier alpha value is -0.340. The van der Waals surface area contributed by atoms with E-state index in [-0.39, 0.29) is 11.0 Å². The quantitative estimate of drug-likeness (QED) is 0.880. The van der Waals surface area contributed by atoms with Crippen molar-refractivity contribution < 1.29 is 0 Å². The van der Waals surface area contributed by atoms with Crippen LogP contribution < -0.4 is 5.73 Å². The van der Waals surface area contributed by atoms with Crippen LogP contribution in [0.3, 0.4) is 0 Å². The van der Waals surface area contributed by atoms with E-state index in [0.717, 1.165) is 10.9 Å². The van der Waals surface area contributed by atoms with Crippen molar-refractivity contribution >= 4 is 15.9 Å². The molecule has 3 rings (SSSR count). The minimum Gasteiger partial charge on any atom is -0.324 e. The van der Waals surface area contributed by atoms with Crippen LogP contribution in [0.25, 0.3) is 0 Å². The second kappa shape index (κ2) is 2.91. The van der Waals surface area contributed by atoms with Gasteiger partial charge in [0.2, 0.25) is 0 Å². The fraction of sp³-hybridized carbons (Fsp3) is 0.571. The maximum Gasteiger partial charge on any atom is 0.0310 e. The summed E-state index contributed by atoms with van der Waals surface area (Å²) in [6.07, 6.45) is 3.68. The summed E-state index contributed by atoms with van der Waals surface area (Å²) in [5.41, 5.74) is 8.68. The number of nitrogens with two attached hydrogens (primary N) is 1. The van der Waals surface area contributed by atoms with Crippen molar-refractivity contribution in [3.63, 3.8) is 0 Å². The molecule has 1 nitrogen and oxygen atoms in total. The Morgan fingerprint density at radius 3 is 2.00 bits per heavy atom. The lowest BCUT2D eigenvalue weighted by molar-refractivity contribution is 0.399. The average molecular weight is 280 g/mol. The molecule has 0 aliphatic heterocycles. The van der Waals surface area contributed by atoms with Crippen LogP contribution in [0, 0.1) is 5.41 Å². The maximum atomic E-state index is 6.62. The van der Waals surface area contributed by atoms with Gasteiger partial charge in [0.25, 0.3) is 0 Å². The zero-order chi connectivity index (χ0) is 11.6. The van der Waals surface area contributed by atoms with Crippen molar-refractivity contribution in [2.45, 2.75) is 44.1 Å². The summed E-state index contributed by atoms with van der Waals surface area (Å²) in [6, 6.07) is 8.74. The number of halogens is 1. The van der Waals surface area contributed by atoms with Gasteiger partial charge in [-0.1, -0.05) is 41.9 Å². The molecule has 0 heterocycles. The van der Waals surface area contributed by atoms with Crippen molar-refractivity contribution in [2.75, 3.05) is 0 Å². The van der Waals surface area contributed by atoms with Gasteiger partial charge >= 0.3 is 0 Å². The van der Waals surface area contributed by atoms with Gasteiger partial charge in [0.05, 0.1) is 0 Å². The Labute approximate surface area is 106 Å². The summed E-state index contributed by atoms with van der Waals surface area (Å²) >= 11 is 3.49. The standard InChI is InChI=1S/C14H18BrN/c1-12(2)9-14(12,16)13(7-8-13)10-3-5-11(15)6-4-10/h3-6H,7-9,16H2,1-2H3. The number of hydrogen-bond donors (Lipinski definition) is 1. The van der Waals surface area contributed by atoms with Crippen molar-refractivity contribution in [3.05, 3.63) is 34.3 Å². The van der Waals surface area contributed by atoms with Crippen LogP contribution in [0.15, 0.2) is 28.7 Å². The van der Waals surface area contributed by atoms with Gasteiger partial charge in [0, 0.05) is 15.4 Å². The van der Waals surface area contributed by atoms with Gasteiger partial charge in [-0.2, -0.15) is 0 Å². The molecule has 1 atom stereocenters.